The number of anilines is 1. The fraction of sp³-hybridized carbons (Fsp3) is 0.611. The van der Waals surface area contributed by atoms with Crippen LogP contribution in [-0.4, -0.2) is 31.2 Å². The van der Waals surface area contributed by atoms with E-state index in [1.807, 2.05) is 11.0 Å². The molecule has 1 saturated carbocycles. The number of benzene rings is 1. The molecule has 2 fully saturated rings. The normalized spacial score (nSPS) is 29.2. The second-order valence-electron chi connectivity index (χ2n) is 6.99. The summed E-state index contributed by atoms with van der Waals surface area (Å²) in [6.07, 6.45) is 6.37. The number of rotatable bonds is 2. The minimum atomic E-state index is -0.307. The SMILES string of the molecule is NC[C@H]1CC[C@@H](C(=O)N2CC3(CCCC3)c3ccccc32)O1. The highest BCUT2D eigenvalue weighted by atomic mass is 16.5. The molecule has 2 heterocycles. The second kappa shape index (κ2) is 5.36. The minimum absolute atomic E-state index is 0.0484. The highest BCUT2D eigenvalue weighted by Crippen LogP contribution is 2.50. The van der Waals surface area contributed by atoms with Crippen molar-refractivity contribution in [3.8, 4) is 0 Å². The van der Waals surface area contributed by atoms with Crippen LogP contribution >= 0.6 is 0 Å². The minimum Gasteiger partial charge on any atom is -0.364 e. The van der Waals surface area contributed by atoms with Crippen LogP contribution in [0.2, 0.25) is 0 Å². The van der Waals surface area contributed by atoms with Crippen LogP contribution in [-0.2, 0) is 14.9 Å². The Labute approximate surface area is 131 Å². The molecular formula is C18H24N2O2. The van der Waals surface area contributed by atoms with Crippen LogP contribution in [0, 0.1) is 0 Å². The maximum absolute atomic E-state index is 13.0. The fourth-order valence-electron chi connectivity index (χ4n) is 4.54. The van der Waals surface area contributed by atoms with Crippen LogP contribution in [0.3, 0.4) is 0 Å². The van der Waals surface area contributed by atoms with E-state index in [-0.39, 0.29) is 23.5 Å². The summed E-state index contributed by atoms with van der Waals surface area (Å²) < 4.78 is 5.83. The molecule has 1 aromatic carbocycles. The maximum atomic E-state index is 13.0. The van der Waals surface area contributed by atoms with Crippen molar-refractivity contribution in [3.05, 3.63) is 29.8 Å². The Morgan fingerprint density at radius 2 is 2.05 bits per heavy atom. The van der Waals surface area contributed by atoms with Gasteiger partial charge in [-0.3, -0.25) is 4.79 Å². The summed E-state index contributed by atoms with van der Waals surface area (Å²) in [6.45, 7) is 1.34. The molecule has 0 unspecified atom stereocenters. The third kappa shape index (κ3) is 2.09. The van der Waals surface area contributed by atoms with Gasteiger partial charge in [0, 0.05) is 24.2 Å². The topological polar surface area (TPSA) is 55.6 Å². The summed E-state index contributed by atoms with van der Waals surface area (Å²) in [4.78, 5) is 15.0. The Kier molecular flexibility index (Phi) is 3.46. The molecule has 2 N–H and O–H groups in total. The van der Waals surface area contributed by atoms with Gasteiger partial charge in [0.2, 0.25) is 0 Å². The van der Waals surface area contributed by atoms with Crippen molar-refractivity contribution in [2.24, 2.45) is 5.73 Å². The average Bonchev–Trinajstić information content (AvgIpc) is 3.28. The molecule has 0 bridgehead atoms. The Bertz CT molecular complexity index is 580. The lowest BCUT2D eigenvalue weighted by Crippen LogP contribution is -2.41. The standard InChI is InChI=1S/C18H24N2O2/c19-11-13-7-8-16(22-13)17(21)20-12-18(9-3-4-10-18)14-5-1-2-6-15(14)20/h1-2,5-6,13,16H,3-4,7-12,19H2/t13-,16+/m1/s1. The summed E-state index contributed by atoms with van der Waals surface area (Å²) in [5, 5.41) is 0. The number of para-hydroxylation sites is 1. The third-order valence-corrected chi connectivity index (χ3v) is 5.70. The molecule has 4 heteroatoms. The van der Waals surface area contributed by atoms with Crippen LogP contribution in [0.15, 0.2) is 24.3 Å². The first-order valence-corrected chi connectivity index (χ1v) is 8.50. The van der Waals surface area contributed by atoms with Gasteiger partial charge in [-0.25, -0.2) is 0 Å². The first-order valence-electron chi connectivity index (χ1n) is 8.50. The van der Waals surface area contributed by atoms with E-state index in [4.69, 9.17) is 10.5 Å². The van der Waals surface area contributed by atoms with Crippen LogP contribution in [0.4, 0.5) is 5.69 Å². The average molecular weight is 300 g/mol. The second-order valence-corrected chi connectivity index (χ2v) is 6.99. The Balaban J connectivity index is 1.62. The van der Waals surface area contributed by atoms with E-state index in [0.717, 1.165) is 25.1 Å². The monoisotopic (exact) mass is 300 g/mol. The van der Waals surface area contributed by atoms with Gasteiger partial charge in [0.25, 0.3) is 5.91 Å². The smallest absolute Gasteiger partial charge is 0.256 e. The van der Waals surface area contributed by atoms with Crippen molar-refractivity contribution >= 4 is 11.6 Å². The zero-order chi connectivity index (χ0) is 15.2. The van der Waals surface area contributed by atoms with Crippen LogP contribution in [0.1, 0.15) is 44.1 Å². The van der Waals surface area contributed by atoms with E-state index in [0.29, 0.717) is 6.54 Å². The van der Waals surface area contributed by atoms with Gasteiger partial charge in [-0.15, -0.1) is 0 Å². The quantitative estimate of drug-likeness (QED) is 0.912. The van der Waals surface area contributed by atoms with Crippen molar-refractivity contribution in [2.45, 2.75) is 56.1 Å². The van der Waals surface area contributed by atoms with E-state index in [1.54, 1.807) is 0 Å². The Morgan fingerprint density at radius 1 is 1.27 bits per heavy atom. The molecule has 22 heavy (non-hydrogen) atoms. The molecule has 1 aliphatic carbocycles. The van der Waals surface area contributed by atoms with Gasteiger partial charge in [-0.05, 0) is 37.3 Å². The van der Waals surface area contributed by atoms with Crippen molar-refractivity contribution < 1.29 is 9.53 Å². The number of nitrogens with zero attached hydrogens (tertiary/aromatic N) is 1. The van der Waals surface area contributed by atoms with Gasteiger partial charge in [-0.1, -0.05) is 31.0 Å². The fourth-order valence-corrected chi connectivity index (χ4v) is 4.54. The zero-order valence-corrected chi connectivity index (χ0v) is 13.0. The van der Waals surface area contributed by atoms with Crippen molar-refractivity contribution in [3.63, 3.8) is 0 Å². The summed E-state index contributed by atoms with van der Waals surface area (Å²) in [6, 6.07) is 8.44. The number of ether oxygens (including phenoxy) is 1. The molecule has 4 nitrogen and oxygen atoms in total. The molecule has 3 aliphatic rings. The molecule has 1 aromatic rings. The lowest BCUT2D eigenvalue weighted by molar-refractivity contribution is -0.129. The first-order chi connectivity index (χ1) is 10.7. The van der Waals surface area contributed by atoms with E-state index < -0.39 is 0 Å². The molecule has 1 spiro atoms. The number of hydrogen-bond acceptors (Lipinski definition) is 3. The molecular weight excluding hydrogens is 276 g/mol. The lowest BCUT2D eigenvalue weighted by Gasteiger charge is -2.26. The summed E-state index contributed by atoms with van der Waals surface area (Å²) in [5.41, 5.74) is 8.34. The zero-order valence-electron chi connectivity index (χ0n) is 13.0. The van der Waals surface area contributed by atoms with Crippen molar-refractivity contribution in [1.82, 2.24) is 0 Å². The van der Waals surface area contributed by atoms with Crippen LogP contribution in [0.5, 0.6) is 0 Å². The summed E-state index contributed by atoms with van der Waals surface area (Å²) in [5.74, 6) is 0.132. The van der Waals surface area contributed by atoms with Gasteiger partial charge in [0.15, 0.2) is 0 Å². The first kappa shape index (κ1) is 14.2. The molecule has 1 amide bonds. The molecule has 0 aromatic heterocycles. The van der Waals surface area contributed by atoms with E-state index in [2.05, 4.69) is 18.2 Å². The predicted molar refractivity (Wildman–Crippen MR) is 85.9 cm³/mol. The van der Waals surface area contributed by atoms with Gasteiger partial charge in [0.05, 0.1) is 6.10 Å². The molecule has 2 atom stereocenters. The Hall–Kier alpha value is -1.39. The van der Waals surface area contributed by atoms with Crippen molar-refractivity contribution in [2.75, 3.05) is 18.0 Å². The molecule has 1 saturated heterocycles. The number of fused-ring (bicyclic) bond motifs is 2. The van der Waals surface area contributed by atoms with Gasteiger partial charge < -0.3 is 15.4 Å². The number of amides is 1. The van der Waals surface area contributed by atoms with E-state index in [1.165, 1.54) is 31.2 Å². The molecule has 4 rings (SSSR count). The van der Waals surface area contributed by atoms with Crippen LogP contribution < -0.4 is 10.6 Å². The highest BCUT2D eigenvalue weighted by molar-refractivity contribution is 5.99. The Morgan fingerprint density at radius 3 is 2.77 bits per heavy atom. The number of hydrogen-bond donors (Lipinski definition) is 1. The maximum Gasteiger partial charge on any atom is 0.256 e. The number of carbonyl (C=O) groups excluding carboxylic acids is 1. The molecule has 118 valence electrons. The van der Waals surface area contributed by atoms with E-state index in [9.17, 15) is 4.79 Å². The summed E-state index contributed by atoms with van der Waals surface area (Å²) in [7, 11) is 0. The third-order valence-electron chi connectivity index (χ3n) is 5.70. The van der Waals surface area contributed by atoms with Crippen molar-refractivity contribution in [1.29, 1.82) is 0 Å². The number of nitrogens with two attached hydrogens (primary N) is 1. The lowest BCUT2D eigenvalue weighted by atomic mass is 9.81. The largest absolute Gasteiger partial charge is 0.364 e. The van der Waals surface area contributed by atoms with Gasteiger partial charge in [-0.2, -0.15) is 0 Å². The number of carbonyl (C=O) groups is 1. The summed E-state index contributed by atoms with van der Waals surface area (Å²) >= 11 is 0. The molecule has 0 radical (unpaired) electrons. The van der Waals surface area contributed by atoms with E-state index >= 15 is 0 Å². The van der Waals surface area contributed by atoms with Gasteiger partial charge >= 0.3 is 0 Å². The highest BCUT2D eigenvalue weighted by Gasteiger charge is 2.47. The van der Waals surface area contributed by atoms with Gasteiger partial charge in [0.1, 0.15) is 6.10 Å². The van der Waals surface area contributed by atoms with Crippen LogP contribution in [0.25, 0.3) is 0 Å². The molecule has 2 aliphatic heterocycles. The predicted octanol–water partition coefficient (Wildman–Crippen LogP) is 2.35.